The van der Waals surface area contributed by atoms with Crippen LogP contribution >= 0.6 is 0 Å². The van der Waals surface area contributed by atoms with Crippen LogP contribution in [-0.2, 0) is 13.1 Å². The summed E-state index contributed by atoms with van der Waals surface area (Å²) in [6.45, 7) is 4.88. The van der Waals surface area contributed by atoms with Gasteiger partial charge in [-0.2, -0.15) is 10.2 Å². The van der Waals surface area contributed by atoms with Crippen molar-refractivity contribution >= 4 is 5.82 Å². The van der Waals surface area contributed by atoms with Gasteiger partial charge in [0.15, 0.2) is 5.82 Å². The van der Waals surface area contributed by atoms with Gasteiger partial charge in [0.1, 0.15) is 6.67 Å². The number of nitrogens with zero attached hydrogens (tertiary/aromatic N) is 5. The van der Waals surface area contributed by atoms with Gasteiger partial charge in [-0.15, -0.1) is 0 Å². The van der Waals surface area contributed by atoms with Crippen LogP contribution in [0.3, 0.4) is 0 Å². The Morgan fingerprint density at radius 1 is 0.879 bits per heavy atom. The molecule has 1 aliphatic heterocycles. The predicted molar refractivity (Wildman–Crippen MR) is 127 cm³/mol. The molecule has 0 bridgehead atoms. The second-order valence-electron chi connectivity index (χ2n) is 8.31. The minimum Gasteiger partial charge on any atom is -0.278 e. The topological polar surface area (TPSA) is 81.3 Å². The van der Waals surface area contributed by atoms with Crippen LogP contribution in [0.15, 0.2) is 72.8 Å². The number of rotatable bonds is 5. The van der Waals surface area contributed by atoms with E-state index in [1.807, 2.05) is 79.5 Å². The number of pyridine rings is 1. The molecule has 166 valence electrons. The highest BCUT2D eigenvalue weighted by molar-refractivity contribution is 5.88. The molecule has 7 heteroatoms. The molecule has 7 nitrogen and oxygen atoms in total. The molecule has 0 saturated heterocycles. The van der Waals surface area contributed by atoms with Crippen molar-refractivity contribution in [3.8, 4) is 22.4 Å². The summed E-state index contributed by atoms with van der Waals surface area (Å²) in [7, 11) is 0. The Morgan fingerprint density at radius 2 is 1.52 bits per heavy atom. The van der Waals surface area contributed by atoms with Crippen molar-refractivity contribution in [2.24, 2.45) is 0 Å². The van der Waals surface area contributed by atoms with Gasteiger partial charge in [0.25, 0.3) is 0 Å². The lowest BCUT2D eigenvalue weighted by Crippen LogP contribution is -2.36. The van der Waals surface area contributed by atoms with Crippen LogP contribution in [0.4, 0.5) is 5.82 Å². The minimum absolute atomic E-state index is 0.108. The lowest BCUT2D eigenvalue weighted by Gasteiger charge is -2.24. The number of aromatic nitrogens is 3. The largest absolute Gasteiger partial charge is 0.278 e. The summed E-state index contributed by atoms with van der Waals surface area (Å²) in [5.74, 6) is 0.548. The molecule has 0 amide bonds. The van der Waals surface area contributed by atoms with Crippen molar-refractivity contribution in [1.82, 2.24) is 19.5 Å². The fraction of sp³-hybridized carbons (Fsp3) is 0.192. The number of aryl methyl sites for hydroxylation is 2. The maximum Gasteiger partial charge on any atom is 0.225 e. The van der Waals surface area contributed by atoms with Gasteiger partial charge in [-0.25, -0.2) is 4.98 Å². The third kappa shape index (κ3) is 4.04. The SMILES string of the molecule is Cc1cc(-c2c(-c3ccccc3)nc(=N)n3c2N(O)N(CCc2ccccc2)C3)cc(C)n1. The molecule has 0 atom stereocenters. The first kappa shape index (κ1) is 21.1. The molecular weight excluding hydrogens is 412 g/mol. The van der Waals surface area contributed by atoms with Crippen LogP contribution in [0, 0.1) is 19.3 Å². The number of anilines is 1. The summed E-state index contributed by atoms with van der Waals surface area (Å²) in [6, 6.07) is 24.0. The van der Waals surface area contributed by atoms with E-state index < -0.39 is 0 Å². The Balaban J connectivity index is 1.64. The minimum atomic E-state index is 0.108. The van der Waals surface area contributed by atoms with E-state index in [2.05, 4.69) is 22.1 Å². The summed E-state index contributed by atoms with van der Waals surface area (Å²) in [5, 5.41) is 23.0. The smallest absolute Gasteiger partial charge is 0.225 e. The van der Waals surface area contributed by atoms with Gasteiger partial charge in [-0.3, -0.25) is 20.2 Å². The van der Waals surface area contributed by atoms with Gasteiger partial charge in [0.05, 0.1) is 11.3 Å². The van der Waals surface area contributed by atoms with E-state index >= 15 is 0 Å². The monoisotopic (exact) mass is 438 g/mol. The highest BCUT2D eigenvalue weighted by Gasteiger charge is 2.32. The molecule has 2 aromatic heterocycles. The van der Waals surface area contributed by atoms with Crippen molar-refractivity contribution in [1.29, 1.82) is 5.41 Å². The Morgan fingerprint density at radius 3 is 2.18 bits per heavy atom. The van der Waals surface area contributed by atoms with Gasteiger partial charge in [-0.05, 0) is 43.5 Å². The lowest BCUT2D eigenvalue weighted by molar-refractivity contribution is 0.0700. The summed E-state index contributed by atoms with van der Waals surface area (Å²) in [5.41, 5.74) is 6.35. The van der Waals surface area contributed by atoms with Crippen molar-refractivity contribution in [2.45, 2.75) is 26.9 Å². The molecule has 0 fully saturated rings. The van der Waals surface area contributed by atoms with Crippen LogP contribution in [-0.4, -0.2) is 31.3 Å². The van der Waals surface area contributed by atoms with Crippen LogP contribution in [0.1, 0.15) is 17.0 Å². The molecule has 2 aromatic carbocycles. The first-order valence-electron chi connectivity index (χ1n) is 11.0. The van der Waals surface area contributed by atoms with E-state index in [1.54, 1.807) is 4.57 Å². The van der Waals surface area contributed by atoms with Crippen molar-refractivity contribution in [3.05, 3.63) is 95.4 Å². The molecular formula is C26H26N6O. The molecule has 5 rings (SSSR count). The zero-order chi connectivity index (χ0) is 22.9. The van der Waals surface area contributed by atoms with Crippen molar-refractivity contribution in [2.75, 3.05) is 11.7 Å². The third-order valence-electron chi connectivity index (χ3n) is 5.87. The standard InChI is InChI=1S/C26H26N6O/c1-18-15-22(16-19(2)28-18)23-24(21-11-7-4-8-12-21)29-26(27)31-17-30(32(33)25(23)31)14-13-20-9-5-3-6-10-20/h3-12,15-16,27,33H,13-14,17H2,1-2H3. The third-order valence-corrected chi connectivity index (χ3v) is 5.87. The Labute approximate surface area is 192 Å². The molecule has 1 aliphatic rings. The Bertz CT molecular complexity index is 1330. The number of hydrogen-bond donors (Lipinski definition) is 2. The Hall–Kier alpha value is -3.81. The highest BCUT2D eigenvalue weighted by atomic mass is 16.6. The molecule has 2 N–H and O–H groups in total. The van der Waals surface area contributed by atoms with Gasteiger partial charge in [0, 0.05) is 23.5 Å². The molecule has 33 heavy (non-hydrogen) atoms. The second kappa shape index (κ2) is 8.61. The average molecular weight is 439 g/mol. The summed E-state index contributed by atoms with van der Waals surface area (Å²) in [4.78, 5) is 9.20. The first-order chi connectivity index (χ1) is 16.0. The fourth-order valence-corrected chi connectivity index (χ4v) is 4.38. The number of hydrogen-bond acceptors (Lipinski definition) is 6. The number of benzene rings is 2. The van der Waals surface area contributed by atoms with Gasteiger partial charge >= 0.3 is 0 Å². The van der Waals surface area contributed by atoms with Gasteiger partial charge in [0.2, 0.25) is 5.62 Å². The lowest BCUT2D eigenvalue weighted by atomic mass is 9.99. The zero-order valence-electron chi connectivity index (χ0n) is 18.7. The first-order valence-corrected chi connectivity index (χ1v) is 11.0. The van der Waals surface area contributed by atoms with Gasteiger partial charge < -0.3 is 0 Å². The second-order valence-corrected chi connectivity index (χ2v) is 8.31. The van der Waals surface area contributed by atoms with E-state index in [1.165, 1.54) is 10.7 Å². The predicted octanol–water partition coefficient (Wildman–Crippen LogP) is 4.33. The molecule has 0 unspecified atom stereocenters. The van der Waals surface area contributed by atoms with Crippen LogP contribution in [0.2, 0.25) is 0 Å². The summed E-state index contributed by atoms with van der Waals surface area (Å²) < 4.78 is 1.75. The average Bonchev–Trinajstić information content (AvgIpc) is 3.15. The zero-order valence-corrected chi connectivity index (χ0v) is 18.7. The highest BCUT2D eigenvalue weighted by Crippen LogP contribution is 2.40. The number of fused-ring (bicyclic) bond motifs is 1. The molecule has 4 aromatic rings. The maximum absolute atomic E-state index is 11.3. The van der Waals surface area contributed by atoms with Crippen LogP contribution in [0.5, 0.6) is 0 Å². The van der Waals surface area contributed by atoms with E-state index in [4.69, 9.17) is 5.41 Å². The van der Waals surface area contributed by atoms with E-state index in [-0.39, 0.29) is 5.62 Å². The molecule has 3 heterocycles. The van der Waals surface area contributed by atoms with Crippen LogP contribution in [0.25, 0.3) is 22.4 Å². The van der Waals surface area contributed by atoms with E-state index in [0.29, 0.717) is 24.7 Å². The van der Waals surface area contributed by atoms with Crippen LogP contribution < -0.4 is 10.8 Å². The Kier molecular flexibility index (Phi) is 5.50. The molecule has 0 saturated carbocycles. The van der Waals surface area contributed by atoms with Gasteiger partial charge in [-0.1, -0.05) is 60.7 Å². The normalized spacial score (nSPS) is 13.4. The van der Waals surface area contributed by atoms with Crippen molar-refractivity contribution in [3.63, 3.8) is 0 Å². The maximum atomic E-state index is 11.3. The van der Waals surface area contributed by atoms with E-state index in [9.17, 15) is 5.21 Å². The number of hydrazine groups is 1. The quantitative estimate of drug-likeness (QED) is 0.485. The summed E-state index contributed by atoms with van der Waals surface area (Å²) >= 11 is 0. The summed E-state index contributed by atoms with van der Waals surface area (Å²) in [6.07, 6.45) is 0.779. The van der Waals surface area contributed by atoms with Crippen molar-refractivity contribution < 1.29 is 5.21 Å². The molecule has 0 radical (unpaired) electrons. The molecule has 0 spiro atoms. The molecule has 0 aliphatic carbocycles. The number of nitrogens with one attached hydrogen (secondary N) is 1. The fourth-order valence-electron chi connectivity index (χ4n) is 4.38. The van der Waals surface area contributed by atoms with E-state index in [0.717, 1.165) is 34.5 Å².